The van der Waals surface area contributed by atoms with E-state index in [1.165, 1.54) is 14.2 Å². The van der Waals surface area contributed by atoms with Crippen molar-refractivity contribution < 1.29 is 29.0 Å². The highest BCUT2D eigenvalue weighted by molar-refractivity contribution is 5.84. The highest BCUT2D eigenvalue weighted by Gasteiger charge is 2.22. The highest BCUT2D eigenvalue weighted by atomic mass is 16.5. The van der Waals surface area contributed by atoms with Crippen molar-refractivity contribution in [1.29, 1.82) is 0 Å². The molecule has 0 bridgehead atoms. The number of urea groups is 1. The molecule has 0 aliphatic heterocycles. The normalized spacial score (nSPS) is 11.5. The van der Waals surface area contributed by atoms with E-state index in [9.17, 15) is 14.4 Å². The van der Waals surface area contributed by atoms with Crippen LogP contribution in [-0.2, 0) is 19.1 Å². The molecular weight excluding hydrogens is 256 g/mol. The van der Waals surface area contributed by atoms with Gasteiger partial charge in [0.15, 0.2) is 0 Å². The Morgan fingerprint density at radius 3 is 2.47 bits per heavy atom. The lowest BCUT2D eigenvalue weighted by atomic mass is 10.2. The van der Waals surface area contributed by atoms with E-state index in [1.807, 2.05) is 0 Å². The van der Waals surface area contributed by atoms with Crippen LogP contribution in [-0.4, -0.2) is 67.9 Å². The lowest BCUT2D eigenvalue weighted by Crippen LogP contribution is -2.48. The van der Waals surface area contributed by atoms with Crippen LogP contribution in [0.1, 0.15) is 13.3 Å². The van der Waals surface area contributed by atoms with E-state index in [-0.39, 0.29) is 26.2 Å². The second kappa shape index (κ2) is 9.15. The van der Waals surface area contributed by atoms with E-state index < -0.39 is 24.0 Å². The molecule has 0 aromatic heterocycles. The molecule has 0 heterocycles. The summed E-state index contributed by atoms with van der Waals surface area (Å²) in [4.78, 5) is 34.8. The van der Waals surface area contributed by atoms with Gasteiger partial charge in [0, 0.05) is 27.2 Å². The van der Waals surface area contributed by atoms with Crippen LogP contribution in [0.25, 0.3) is 0 Å². The number of rotatable bonds is 8. The molecule has 8 nitrogen and oxygen atoms in total. The highest BCUT2D eigenvalue weighted by Crippen LogP contribution is 1.96. The maximum absolute atomic E-state index is 11.7. The number of likely N-dealkylation sites (N-methyl/N-ethyl adjacent to an activating group) is 1. The van der Waals surface area contributed by atoms with E-state index in [1.54, 1.807) is 6.92 Å². The van der Waals surface area contributed by atoms with E-state index >= 15 is 0 Å². The molecule has 0 aromatic rings. The molecule has 2 N–H and O–H groups in total. The number of nitrogens with one attached hydrogen (secondary N) is 1. The van der Waals surface area contributed by atoms with Gasteiger partial charge in [0.25, 0.3) is 0 Å². The molecule has 0 spiro atoms. The van der Waals surface area contributed by atoms with Gasteiger partial charge in [-0.25, -0.2) is 9.59 Å². The Labute approximate surface area is 111 Å². The molecule has 0 aromatic carbocycles. The molecule has 0 aliphatic rings. The molecule has 0 fully saturated rings. The number of esters is 1. The van der Waals surface area contributed by atoms with Gasteiger partial charge >= 0.3 is 18.0 Å². The minimum Gasteiger partial charge on any atom is -0.480 e. The van der Waals surface area contributed by atoms with Crippen molar-refractivity contribution in [2.45, 2.75) is 19.4 Å². The Balaban J connectivity index is 4.30. The number of hydrogen-bond acceptors (Lipinski definition) is 5. The Morgan fingerprint density at radius 2 is 2.00 bits per heavy atom. The van der Waals surface area contributed by atoms with Crippen molar-refractivity contribution >= 4 is 18.0 Å². The topological polar surface area (TPSA) is 105 Å². The van der Waals surface area contributed by atoms with Crippen LogP contribution in [0.15, 0.2) is 0 Å². The fraction of sp³-hybridized carbons (Fsp3) is 0.727. The number of nitrogens with zero attached hydrogens (tertiary/aromatic N) is 1. The summed E-state index contributed by atoms with van der Waals surface area (Å²) in [7, 11) is 2.81. The monoisotopic (exact) mass is 276 g/mol. The van der Waals surface area contributed by atoms with Crippen molar-refractivity contribution in [3.63, 3.8) is 0 Å². The number of carboxylic acid groups (broad SMARTS) is 1. The van der Waals surface area contributed by atoms with Crippen LogP contribution >= 0.6 is 0 Å². The summed E-state index contributed by atoms with van der Waals surface area (Å²) in [5.74, 6) is -1.71. The predicted octanol–water partition coefficient (Wildman–Crippen LogP) is -0.319. The zero-order valence-electron chi connectivity index (χ0n) is 11.3. The first kappa shape index (κ1) is 17.2. The second-order valence-electron chi connectivity index (χ2n) is 3.78. The first-order valence-electron chi connectivity index (χ1n) is 5.81. The number of carbonyl (C=O) groups is 3. The number of carbonyl (C=O) groups excluding carboxylic acids is 2. The van der Waals surface area contributed by atoms with Crippen molar-refractivity contribution in [2.75, 3.05) is 33.9 Å². The van der Waals surface area contributed by atoms with E-state index in [0.29, 0.717) is 0 Å². The molecular formula is C11H20N2O6. The zero-order valence-corrected chi connectivity index (χ0v) is 11.3. The van der Waals surface area contributed by atoms with Crippen LogP contribution in [0, 0.1) is 0 Å². The molecule has 8 heteroatoms. The maximum Gasteiger partial charge on any atom is 0.326 e. The van der Waals surface area contributed by atoms with Gasteiger partial charge in [-0.15, -0.1) is 0 Å². The molecule has 19 heavy (non-hydrogen) atoms. The summed E-state index contributed by atoms with van der Waals surface area (Å²) >= 11 is 0. The average molecular weight is 276 g/mol. The van der Waals surface area contributed by atoms with Crippen LogP contribution < -0.4 is 5.32 Å². The standard InChI is InChI=1S/C11H20N2O6/c1-4-19-9(14)7-13(2)11(17)12-8(10(15)16)5-6-18-3/h8H,4-7H2,1-3H3,(H,12,17)(H,15,16). The minimum absolute atomic E-state index is 0.144. The van der Waals surface area contributed by atoms with Crippen LogP contribution in [0.3, 0.4) is 0 Å². The Hall–Kier alpha value is -1.83. The summed E-state index contributed by atoms with van der Waals surface area (Å²) in [6.45, 7) is 1.85. The molecule has 0 aliphatic carbocycles. The Kier molecular flexibility index (Phi) is 8.27. The molecule has 1 atom stereocenters. The molecule has 1 unspecified atom stereocenters. The first-order chi connectivity index (χ1) is 8.92. The van der Waals surface area contributed by atoms with E-state index in [0.717, 1.165) is 4.90 Å². The van der Waals surface area contributed by atoms with Crippen LogP contribution in [0.5, 0.6) is 0 Å². The fourth-order valence-corrected chi connectivity index (χ4v) is 1.22. The third-order valence-electron chi connectivity index (χ3n) is 2.22. The summed E-state index contributed by atoms with van der Waals surface area (Å²) in [6, 6.07) is -1.71. The smallest absolute Gasteiger partial charge is 0.326 e. The van der Waals surface area contributed by atoms with Crippen molar-refractivity contribution in [3.05, 3.63) is 0 Å². The van der Waals surface area contributed by atoms with Crippen molar-refractivity contribution in [2.24, 2.45) is 0 Å². The number of aliphatic carboxylic acids is 1. The van der Waals surface area contributed by atoms with Gasteiger partial charge in [0.05, 0.1) is 6.61 Å². The van der Waals surface area contributed by atoms with Crippen molar-refractivity contribution in [1.82, 2.24) is 10.2 Å². The predicted molar refractivity (Wildman–Crippen MR) is 65.7 cm³/mol. The summed E-state index contributed by atoms with van der Waals surface area (Å²) < 4.78 is 9.44. The number of ether oxygens (including phenoxy) is 2. The first-order valence-corrected chi connectivity index (χ1v) is 5.81. The Morgan fingerprint density at radius 1 is 1.37 bits per heavy atom. The van der Waals surface area contributed by atoms with Gasteiger partial charge in [-0.3, -0.25) is 4.79 Å². The second-order valence-corrected chi connectivity index (χ2v) is 3.78. The minimum atomic E-state index is -1.16. The maximum atomic E-state index is 11.7. The lowest BCUT2D eigenvalue weighted by Gasteiger charge is -2.20. The zero-order chi connectivity index (χ0) is 14.8. The SMILES string of the molecule is CCOC(=O)CN(C)C(=O)NC(CCOC)C(=O)O. The average Bonchev–Trinajstić information content (AvgIpc) is 2.33. The summed E-state index contributed by atoms with van der Waals surface area (Å²) in [6.07, 6.45) is 0.144. The number of hydrogen-bond donors (Lipinski definition) is 2. The fourth-order valence-electron chi connectivity index (χ4n) is 1.22. The molecule has 0 saturated carbocycles. The Bertz CT molecular complexity index is 320. The van der Waals surface area contributed by atoms with Crippen LogP contribution in [0.2, 0.25) is 0 Å². The van der Waals surface area contributed by atoms with Crippen molar-refractivity contribution in [3.8, 4) is 0 Å². The van der Waals surface area contributed by atoms with Gasteiger partial charge in [0.2, 0.25) is 0 Å². The third-order valence-corrected chi connectivity index (χ3v) is 2.22. The van der Waals surface area contributed by atoms with Crippen LogP contribution in [0.4, 0.5) is 4.79 Å². The quantitative estimate of drug-likeness (QED) is 0.589. The summed E-state index contributed by atoms with van der Waals surface area (Å²) in [5, 5.41) is 11.2. The summed E-state index contributed by atoms with van der Waals surface area (Å²) in [5.41, 5.74) is 0. The molecule has 110 valence electrons. The lowest BCUT2D eigenvalue weighted by molar-refractivity contribution is -0.143. The van der Waals surface area contributed by atoms with Gasteiger partial charge < -0.3 is 24.8 Å². The molecule has 0 saturated heterocycles. The number of carboxylic acids is 1. The molecule has 2 amide bonds. The molecule has 0 radical (unpaired) electrons. The van der Waals surface area contributed by atoms with Gasteiger partial charge in [-0.1, -0.05) is 0 Å². The third kappa shape index (κ3) is 7.24. The van der Waals surface area contributed by atoms with E-state index in [4.69, 9.17) is 9.84 Å². The van der Waals surface area contributed by atoms with Gasteiger partial charge in [-0.05, 0) is 6.92 Å². The van der Waals surface area contributed by atoms with E-state index in [2.05, 4.69) is 10.1 Å². The molecule has 0 rings (SSSR count). The van der Waals surface area contributed by atoms with Gasteiger partial charge in [-0.2, -0.15) is 0 Å². The number of amides is 2. The number of methoxy groups -OCH3 is 1. The largest absolute Gasteiger partial charge is 0.480 e. The van der Waals surface area contributed by atoms with Gasteiger partial charge in [0.1, 0.15) is 12.6 Å².